The number of aliphatic hydroxyl groups excluding tert-OH is 1. The molecule has 1 amide bonds. The van der Waals surface area contributed by atoms with Gasteiger partial charge in [0.2, 0.25) is 0 Å². The lowest BCUT2D eigenvalue weighted by atomic mass is 10.0. The molecule has 128 valence electrons. The van der Waals surface area contributed by atoms with Gasteiger partial charge in [0, 0.05) is 5.69 Å². The molecule has 0 saturated carbocycles. The van der Waals surface area contributed by atoms with Gasteiger partial charge in [-0.3, -0.25) is 4.79 Å². The number of carbonyl (C=O) groups is 1. The normalized spacial score (nSPS) is 12.1. The van der Waals surface area contributed by atoms with E-state index in [4.69, 9.17) is 4.74 Å². The van der Waals surface area contributed by atoms with Crippen LogP contribution in [-0.4, -0.2) is 17.1 Å². The molecular weight excluding hydrogens is 302 g/mol. The highest BCUT2D eigenvalue weighted by atomic mass is 16.5. The van der Waals surface area contributed by atoms with Gasteiger partial charge in [-0.1, -0.05) is 38.1 Å². The first-order valence-corrected chi connectivity index (χ1v) is 8.18. The quantitative estimate of drug-likeness (QED) is 0.842. The van der Waals surface area contributed by atoms with Crippen LogP contribution in [0.5, 0.6) is 5.75 Å². The zero-order valence-corrected chi connectivity index (χ0v) is 14.7. The van der Waals surface area contributed by atoms with Crippen LogP contribution in [0.1, 0.15) is 43.4 Å². The van der Waals surface area contributed by atoms with E-state index in [1.807, 2.05) is 25.1 Å². The molecule has 2 rings (SSSR count). The molecule has 0 aliphatic heterocycles. The van der Waals surface area contributed by atoms with Gasteiger partial charge in [-0.2, -0.15) is 0 Å². The summed E-state index contributed by atoms with van der Waals surface area (Å²) in [5.74, 6) is 0.843. The van der Waals surface area contributed by atoms with Gasteiger partial charge < -0.3 is 15.2 Å². The van der Waals surface area contributed by atoms with Crippen molar-refractivity contribution in [1.82, 2.24) is 0 Å². The molecule has 24 heavy (non-hydrogen) atoms. The summed E-state index contributed by atoms with van der Waals surface area (Å²) in [5, 5.41) is 12.0. The van der Waals surface area contributed by atoms with Gasteiger partial charge in [0.1, 0.15) is 5.75 Å². The Hall–Kier alpha value is -2.33. The van der Waals surface area contributed by atoms with Crippen molar-refractivity contribution in [2.75, 3.05) is 5.32 Å². The predicted molar refractivity (Wildman–Crippen MR) is 96.4 cm³/mol. The number of carbonyl (C=O) groups excluding carboxylic acids is 1. The summed E-state index contributed by atoms with van der Waals surface area (Å²) in [7, 11) is 0. The lowest BCUT2D eigenvalue weighted by Gasteiger charge is -2.19. The number of aliphatic hydroxyl groups is 1. The SMILES string of the molecule is Cc1ccc(C(C)C)c(OC(C)C(=O)Nc2cccc(CO)c2)c1. The third kappa shape index (κ3) is 4.59. The van der Waals surface area contributed by atoms with Crippen molar-refractivity contribution < 1.29 is 14.6 Å². The molecule has 0 heterocycles. The molecule has 2 aromatic rings. The van der Waals surface area contributed by atoms with Crippen LogP contribution in [0.3, 0.4) is 0 Å². The van der Waals surface area contributed by atoms with Crippen molar-refractivity contribution in [2.24, 2.45) is 0 Å². The van der Waals surface area contributed by atoms with Crippen molar-refractivity contribution in [2.45, 2.75) is 46.3 Å². The number of rotatable bonds is 6. The van der Waals surface area contributed by atoms with Crippen LogP contribution in [0.15, 0.2) is 42.5 Å². The minimum atomic E-state index is -0.623. The third-order valence-corrected chi connectivity index (χ3v) is 3.84. The van der Waals surface area contributed by atoms with E-state index >= 15 is 0 Å². The predicted octanol–water partition coefficient (Wildman–Crippen LogP) is 4.02. The molecule has 0 spiro atoms. The molecule has 0 bridgehead atoms. The van der Waals surface area contributed by atoms with Crippen LogP contribution in [0, 0.1) is 6.92 Å². The number of aryl methyl sites for hydroxylation is 1. The summed E-state index contributed by atoms with van der Waals surface area (Å²) in [6.07, 6.45) is -0.623. The van der Waals surface area contributed by atoms with Crippen LogP contribution >= 0.6 is 0 Å². The number of hydrogen-bond acceptors (Lipinski definition) is 3. The molecule has 0 aromatic heterocycles. The number of amides is 1. The molecular formula is C20H25NO3. The number of hydrogen-bond donors (Lipinski definition) is 2. The molecule has 0 saturated heterocycles. The van der Waals surface area contributed by atoms with Gasteiger partial charge in [0.05, 0.1) is 6.61 Å². The minimum Gasteiger partial charge on any atom is -0.481 e. The van der Waals surface area contributed by atoms with Crippen LogP contribution in [0.2, 0.25) is 0 Å². The summed E-state index contributed by atoms with van der Waals surface area (Å²) >= 11 is 0. The largest absolute Gasteiger partial charge is 0.481 e. The highest BCUT2D eigenvalue weighted by Gasteiger charge is 2.18. The Morgan fingerprint density at radius 2 is 1.92 bits per heavy atom. The van der Waals surface area contributed by atoms with Crippen LogP contribution < -0.4 is 10.1 Å². The number of benzene rings is 2. The second-order valence-corrected chi connectivity index (χ2v) is 6.30. The summed E-state index contributed by atoms with van der Waals surface area (Å²) < 4.78 is 5.92. The van der Waals surface area contributed by atoms with Gasteiger partial charge in [0.25, 0.3) is 5.91 Å². The Morgan fingerprint density at radius 1 is 1.17 bits per heavy atom. The fourth-order valence-electron chi connectivity index (χ4n) is 2.46. The fraction of sp³-hybridized carbons (Fsp3) is 0.350. The molecule has 1 unspecified atom stereocenters. The molecule has 0 radical (unpaired) electrons. The Morgan fingerprint density at radius 3 is 2.58 bits per heavy atom. The maximum atomic E-state index is 12.4. The van der Waals surface area contributed by atoms with E-state index in [-0.39, 0.29) is 12.5 Å². The number of anilines is 1. The van der Waals surface area contributed by atoms with Crippen molar-refractivity contribution in [3.8, 4) is 5.75 Å². The second-order valence-electron chi connectivity index (χ2n) is 6.30. The minimum absolute atomic E-state index is 0.0587. The highest BCUT2D eigenvalue weighted by Crippen LogP contribution is 2.28. The topological polar surface area (TPSA) is 58.6 Å². The Kier molecular flexibility index (Phi) is 5.99. The van der Waals surface area contributed by atoms with Crippen LogP contribution in [0.25, 0.3) is 0 Å². The van der Waals surface area contributed by atoms with E-state index in [2.05, 4.69) is 19.2 Å². The van der Waals surface area contributed by atoms with E-state index in [9.17, 15) is 9.90 Å². The first-order chi connectivity index (χ1) is 11.4. The molecule has 1 atom stereocenters. The molecule has 4 nitrogen and oxygen atoms in total. The molecule has 2 aromatic carbocycles. The van der Waals surface area contributed by atoms with Crippen LogP contribution in [0.4, 0.5) is 5.69 Å². The average Bonchev–Trinajstić information content (AvgIpc) is 2.54. The molecule has 0 aliphatic rings. The highest BCUT2D eigenvalue weighted by molar-refractivity contribution is 5.94. The maximum absolute atomic E-state index is 12.4. The van der Waals surface area contributed by atoms with Crippen LogP contribution in [-0.2, 0) is 11.4 Å². The van der Waals surface area contributed by atoms with Gasteiger partial charge >= 0.3 is 0 Å². The van der Waals surface area contributed by atoms with Gasteiger partial charge in [0.15, 0.2) is 6.10 Å². The van der Waals surface area contributed by atoms with Crippen molar-refractivity contribution >= 4 is 11.6 Å². The van der Waals surface area contributed by atoms with Gasteiger partial charge in [-0.05, 0) is 54.7 Å². The zero-order chi connectivity index (χ0) is 17.7. The summed E-state index contributed by atoms with van der Waals surface area (Å²) in [4.78, 5) is 12.4. The van der Waals surface area contributed by atoms with E-state index in [1.165, 1.54) is 0 Å². The Bertz CT molecular complexity index is 710. The molecule has 0 fully saturated rings. The maximum Gasteiger partial charge on any atom is 0.265 e. The molecule has 2 N–H and O–H groups in total. The standard InChI is InChI=1S/C20H25NO3/c1-13(2)18-9-8-14(3)10-19(18)24-15(4)20(23)21-17-7-5-6-16(11-17)12-22/h5-11,13,15,22H,12H2,1-4H3,(H,21,23). The summed E-state index contributed by atoms with van der Waals surface area (Å²) in [6.45, 7) is 7.88. The Balaban J connectivity index is 2.10. The molecule has 4 heteroatoms. The van der Waals surface area contributed by atoms with E-state index in [1.54, 1.807) is 31.2 Å². The van der Waals surface area contributed by atoms with Crippen molar-refractivity contribution in [3.05, 3.63) is 59.2 Å². The first kappa shape index (κ1) is 18.0. The van der Waals surface area contributed by atoms with Gasteiger partial charge in [-0.15, -0.1) is 0 Å². The average molecular weight is 327 g/mol. The lowest BCUT2D eigenvalue weighted by Crippen LogP contribution is -2.30. The lowest BCUT2D eigenvalue weighted by molar-refractivity contribution is -0.122. The third-order valence-electron chi connectivity index (χ3n) is 3.84. The van der Waals surface area contributed by atoms with E-state index in [0.717, 1.165) is 22.4 Å². The smallest absolute Gasteiger partial charge is 0.265 e. The van der Waals surface area contributed by atoms with Crippen molar-refractivity contribution in [1.29, 1.82) is 0 Å². The monoisotopic (exact) mass is 327 g/mol. The second kappa shape index (κ2) is 7.97. The summed E-state index contributed by atoms with van der Waals surface area (Å²) in [5.41, 5.74) is 3.58. The molecule has 0 aliphatic carbocycles. The van der Waals surface area contributed by atoms with E-state index < -0.39 is 6.10 Å². The summed E-state index contributed by atoms with van der Waals surface area (Å²) in [6, 6.07) is 13.2. The zero-order valence-electron chi connectivity index (χ0n) is 14.7. The fourth-order valence-corrected chi connectivity index (χ4v) is 2.46. The van der Waals surface area contributed by atoms with Gasteiger partial charge in [-0.25, -0.2) is 0 Å². The number of nitrogens with one attached hydrogen (secondary N) is 1. The number of ether oxygens (including phenoxy) is 1. The van der Waals surface area contributed by atoms with Crippen molar-refractivity contribution in [3.63, 3.8) is 0 Å². The van der Waals surface area contributed by atoms with E-state index in [0.29, 0.717) is 11.6 Å². The first-order valence-electron chi connectivity index (χ1n) is 8.18. The Labute approximate surface area is 143 Å².